The molecular formula is C16H25ClN2. The summed E-state index contributed by atoms with van der Waals surface area (Å²) in [6, 6.07) is 8.63. The van der Waals surface area contributed by atoms with Crippen LogP contribution in [0.4, 0.5) is 0 Å². The molecule has 1 atom stereocenters. The maximum absolute atomic E-state index is 6.20. The molecule has 1 aromatic carbocycles. The lowest BCUT2D eigenvalue weighted by Gasteiger charge is -2.30. The molecule has 0 amide bonds. The molecule has 1 heterocycles. The van der Waals surface area contributed by atoms with Crippen molar-refractivity contribution in [3.05, 3.63) is 34.9 Å². The van der Waals surface area contributed by atoms with E-state index in [1.807, 2.05) is 12.1 Å². The van der Waals surface area contributed by atoms with Crippen molar-refractivity contribution in [1.29, 1.82) is 0 Å². The summed E-state index contributed by atoms with van der Waals surface area (Å²) < 4.78 is 0. The minimum Gasteiger partial charge on any atom is -0.314 e. The van der Waals surface area contributed by atoms with E-state index in [2.05, 4.69) is 36.3 Å². The second kappa shape index (κ2) is 7.28. The summed E-state index contributed by atoms with van der Waals surface area (Å²) in [6.45, 7) is 5.87. The molecule has 106 valence electrons. The number of halogens is 1. The highest BCUT2D eigenvalue weighted by Crippen LogP contribution is 2.18. The SMILES string of the molecule is CC(Cc1ccccc1Cl)NCC1CCN(C)CC1. The smallest absolute Gasteiger partial charge is 0.0438 e. The van der Waals surface area contributed by atoms with Crippen molar-refractivity contribution in [3.8, 4) is 0 Å². The Bertz CT molecular complexity index is 386. The molecule has 1 saturated heterocycles. The van der Waals surface area contributed by atoms with Gasteiger partial charge in [0.15, 0.2) is 0 Å². The number of rotatable bonds is 5. The fourth-order valence-electron chi connectivity index (χ4n) is 2.70. The first-order valence-electron chi connectivity index (χ1n) is 7.30. The summed E-state index contributed by atoms with van der Waals surface area (Å²) in [5, 5.41) is 4.55. The van der Waals surface area contributed by atoms with E-state index in [-0.39, 0.29) is 0 Å². The maximum Gasteiger partial charge on any atom is 0.0438 e. The number of nitrogens with zero attached hydrogens (tertiary/aromatic N) is 1. The van der Waals surface area contributed by atoms with Crippen LogP contribution in [0.15, 0.2) is 24.3 Å². The van der Waals surface area contributed by atoms with Crippen molar-refractivity contribution >= 4 is 11.6 Å². The predicted octanol–water partition coefficient (Wildman–Crippen LogP) is 3.20. The van der Waals surface area contributed by atoms with E-state index in [0.717, 1.165) is 23.9 Å². The molecule has 1 N–H and O–H groups in total. The van der Waals surface area contributed by atoms with Gasteiger partial charge in [-0.15, -0.1) is 0 Å². The second-order valence-electron chi connectivity index (χ2n) is 5.85. The van der Waals surface area contributed by atoms with Crippen LogP contribution in [0.5, 0.6) is 0 Å². The van der Waals surface area contributed by atoms with Gasteiger partial charge >= 0.3 is 0 Å². The first-order valence-corrected chi connectivity index (χ1v) is 7.68. The van der Waals surface area contributed by atoms with Gasteiger partial charge in [0.2, 0.25) is 0 Å². The number of nitrogens with one attached hydrogen (secondary N) is 1. The number of benzene rings is 1. The normalized spacial score (nSPS) is 19.5. The van der Waals surface area contributed by atoms with Crippen molar-refractivity contribution in [2.45, 2.75) is 32.2 Å². The highest BCUT2D eigenvalue weighted by molar-refractivity contribution is 6.31. The first-order chi connectivity index (χ1) is 9.15. The third kappa shape index (κ3) is 4.79. The number of hydrogen-bond acceptors (Lipinski definition) is 2. The molecule has 1 unspecified atom stereocenters. The first kappa shape index (κ1) is 14.8. The Morgan fingerprint density at radius 3 is 2.68 bits per heavy atom. The Kier molecular flexibility index (Phi) is 5.68. The molecule has 19 heavy (non-hydrogen) atoms. The molecule has 0 aliphatic carbocycles. The Labute approximate surface area is 122 Å². The number of hydrogen-bond donors (Lipinski definition) is 1. The Hall–Kier alpha value is -0.570. The quantitative estimate of drug-likeness (QED) is 0.891. The molecule has 2 rings (SSSR count). The van der Waals surface area contributed by atoms with Crippen molar-refractivity contribution in [2.24, 2.45) is 5.92 Å². The molecule has 1 aliphatic heterocycles. The van der Waals surface area contributed by atoms with Crippen LogP contribution in [0.1, 0.15) is 25.3 Å². The van der Waals surface area contributed by atoms with Gasteiger partial charge in [-0.3, -0.25) is 0 Å². The van der Waals surface area contributed by atoms with E-state index in [9.17, 15) is 0 Å². The van der Waals surface area contributed by atoms with E-state index >= 15 is 0 Å². The molecule has 1 aromatic rings. The van der Waals surface area contributed by atoms with Gasteiger partial charge in [-0.2, -0.15) is 0 Å². The molecular weight excluding hydrogens is 256 g/mol. The monoisotopic (exact) mass is 280 g/mol. The molecule has 1 fully saturated rings. The van der Waals surface area contributed by atoms with Crippen LogP contribution in [0.25, 0.3) is 0 Å². The largest absolute Gasteiger partial charge is 0.314 e. The molecule has 1 aliphatic rings. The van der Waals surface area contributed by atoms with Crippen molar-refractivity contribution in [2.75, 3.05) is 26.7 Å². The van der Waals surface area contributed by atoms with Gasteiger partial charge in [-0.25, -0.2) is 0 Å². The zero-order valence-corrected chi connectivity index (χ0v) is 12.8. The second-order valence-corrected chi connectivity index (χ2v) is 6.26. The van der Waals surface area contributed by atoms with Crippen molar-refractivity contribution in [3.63, 3.8) is 0 Å². The lowest BCUT2D eigenvalue weighted by atomic mass is 9.96. The van der Waals surface area contributed by atoms with E-state index in [1.165, 1.54) is 31.5 Å². The van der Waals surface area contributed by atoms with Gasteiger partial charge in [0.1, 0.15) is 0 Å². The Morgan fingerprint density at radius 1 is 1.32 bits per heavy atom. The van der Waals surface area contributed by atoms with E-state index < -0.39 is 0 Å². The highest BCUT2D eigenvalue weighted by Gasteiger charge is 2.17. The average Bonchev–Trinajstić information content (AvgIpc) is 2.41. The fourth-order valence-corrected chi connectivity index (χ4v) is 2.91. The lowest BCUT2D eigenvalue weighted by Crippen LogP contribution is -2.38. The summed E-state index contributed by atoms with van der Waals surface area (Å²) in [4.78, 5) is 2.42. The summed E-state index contributed by atoms with van der Waals surface area (Å²) in [6.07, 6.45) is 3.65. The third-order valence-corrected chi connectivity index (χ3v) is 4.45. The van der Waals surface area contributed by atoms with Crippen molar-refractivity contribution in [1.82, 2.24) is 10.2 Å². The minimum atomic E-state index is 0.486. The summed E-state index contributed by atoms with van der Waals surface area (Å²) in [5.41, 5.74) is 1.24. The summed E-state index contributed by atoms with van der Waals surface area (Å²) >= 11 is 6.20. The molecule has 2 nitrogen and oxygen atoms in total. The summed E-state index contributed by atoms with van der Waals surface area (Å²) in [7, 11) is 2.21. The van der Waals surface area contributed by atoms with Gasteiger partial charge in [-0.05, 0) is 70.4 Å². The molecule has 0 aromatic heterocycles. The third-order valence-electron chi connectivity index (χ3n) is 4.08. The molecule has 0 spiro atoms. The van der Waals surface area contributed by atoms with E-state index in [4.69, 9.17) is 11.6 Å². The minimum absolute atomic E-state index is 0.486. The average molecular weight is 281 g/mol. The standard InChI is InChI=1S/C16H25ClN2/c1-13(11-15-5-3-4-6-16(15)17)18-12-14-7-9-19(2)10-8-14/h3-6,13-14,18H,7-12H2,1-2H3. The van der Waals surface area contributed by atoms with Gasteiger partial charge in [0.25, 0.3) is 0 Å². The van der Waals surface area contributed by atoms with Crippen LogP contribution >= 0.6 is 11.6 Å². The fraction of sp³-hybridized carbons (Fsp3) is 0.625. The molecule has 0 saturated carbocycles. The van der Waals surface area contributed by atoms with E-state index in [0.29, 0.717) is 6.04 Å². The number of likely N-dealkylation sites (tertiary alicyclic amines) is 1. The lowest BCUT2D eigenvalue weighted by molar-refractivity contribution is 0.213. The van der Waals surface area contributed by atoms with Crippen LogP contribution in [0, 0.1) is 5.92 Å². The van der Waals surface area contributed by atoms with Gasteiger partial charge in [-0.1, -0.05) is 29.8 Å². The van der Waals surface area contributed by atoms with Crippen molar-refractivity contribution < 1.29 is 0 Å². The Balaban J connectivity index is 1.73. The Morgan fingerprint density at radius 2 is 2.00 bits per heavy atom. The number of piperidine rings is 1. The predicted molar refractivity (Wildman–Crippen MR) is 82.8 cm³/mol. The highest BCUT2D eigenvalue weighted by atomic mass is 35.5. The zero-order valence-electron chi connectivity index (χ0n) is 12.0. The van der Waals surface area contributed by atoms with E-state index in [1.54, 1.807) is 0 Å². The molecule has 0 radical (unpaired) electrons. The molecule has 3 heteroatoms. The van der Waals surface area contributed by atoms with Crippen LogP contribution in [0.3, 0.4) is 0 Å². The van der Waals surface area contributed by atoms with Gasteiger partial charge in [0.05, 0.1) is 0 Å². The molecule has 0 bridgehead atoms. The maximum atomic E-state index is 6.20. The van der Waals surface area contributed by atoms with Crippen LogP contribution in [-0.2, 0) is 6.42 Å². The topological polar surface area (TPSA) is 15.3 Å². The summed E-state index contributed by atoms with van der Waals surface area (Å²) in [5.74, 6) is 0.838. The van der Waals surface area contributed by atoms with Gasteiger partial charge in [0, 0.05) is 11.1 Å². The van der Waals surface area contributed by atoms with Gasteiger partial charge < -0.3 is 10.2 Å². The van der Waals surface area contributed by atoms with Crippen LogP contribution in [0.2, 0.25) is 5.02 Å². The zero-order chi connectivity index (χ0) is 13.7. The van der Waals surface area contributed by atoms with Crippen LogP contribution in [-0.4, -0.2) is 37.6 Å². The van der Waals surface area contributed by atoms with Crippen LogP contribution < -0.4 is 5.32 Å².